The van der Waals surface area contributed by atoms with Gasteiger partial charge in [0.2, 0.25) is 0 Å². The molecule has 0 bridgehead atoms. The Morgan fingerprint density at radius 1 is 1.50 bits per heavy atom. The fraction of sp³-hybridized carbons (Fsp3) is 0.333. The summed E-state index contributed by atoms with van der Waals surface area (Å²) in [6.07, 6.45) is 1.33. The molecule has 0 radical (unpaired) electrons. The van der Waals surface area contributed by atoms with Crippen molar-refractivity contribution in [1.82, 2.24) is 9.97 Å². The van der Waals surface area contributed by atoms with Crippen molar-refractivity contribution in [3.63, 3.8) is 0 Å². The predicted octanol–water partition coefficient (Wildman–Crippen LogP) is -0.852. The van der Waals surface area contributed by atoms with Crippen molar-refractivity contribution < 1.29 is 5.11 Å². The second-order valence-corrected chi connectivity index (χ2v) is 3.14. The van der Waals surface area contributed by atoms with Crippen molar-refractivity contribution in [2.75, 3.05) is 12.4 Å². The van der Waals surface area contributed by atoms with Crippen LogP contribution in [-0.2, 0) is 0 Å². The van der Waals surface area contributed by atoms with Crippen molar-refractivity contribution in [3.8, 4) is 0 Å². The number of aliphatic hydroxyl groups is 1. The van der Waals surface area contributed by atoms with E-state index in [0.717, 1.165) is 0 Å². The molecule has 1 heterocycles. The van der Waals surface area contributed by atoms with E-state index in [0.29, 0.717) is 10.6 Å². The first-order valence-corrected chi connectivity index (χ1v) is 4.28. The van der Waals surface area contributed by atoms with Gasteiger partial charge in [-0.3, -0.25) is 9.78 Å². The molecule has 0 aliphatic rings. The van der Waals surface area contributed by atoms with Crippen LogP contribution in [0.15, 0.2) is 20.7 Å². The quantitative estimate of drug-likeness (QED) is 0.539. The van der Waals surface area contributed by atoms with E-state index in [1.165, 1.54) is 18.0 Å². The van der Waals surface area contributed by atoms with E-state index in [2.05, 4.69) is 9.97 Å². The van der Waals surface area contributed by atoms with Gasteiger partial charge in [0.1, 0.15) is 0 Å². The molecule has 6 heteroatoms. The SMILES string of the molecule is O=c1[nH]cc(SCCO)c(=O)[nH]1. The molecular formula is C6H8N2O3S. The third kappa shape index (κ3) is 2.24. The lowest BCUT2D eigenvalue weighted by Crippen LogP contribution is -2.22. The van der Waals surface area contributed by atoms with Crippen LogP contribution in [0.3, 0.4) is 0 Å². The lowest BCUT2D eigenvalue weighted by molar-refractivity contribution is 0.322. The number of hydrogen-bond acceptors (Lipinski definition) is 4. The Morgan fingerprint density at radius 2 is 2.25 bits per heavy atom. The topological polar surface area (TPSA) is 85.9 Å². The third-order valence-corrected chi connectivity index (χ3v) is 2.14. The first-order chi connectivity index (χ1) is 5.74. The second-order valence-electron chi connectivity index (χ2n) is 2.01. The van der Waals surface area contributed by atoms with Gasteiger partial charge < -0.3 is 10.1 Å². The van der Waals surface area contributed by atoms with Crippen LogP contribution < -0.4 is 11.2 Å². The Hall–Kier alpha value is -1.01. The van der Waals surface area contributed by atoms with Gasteiger partial charge >= 0.3 is 5.69 Å². The summed E-state index contributed by atoms with van der Waals surface area (Å²) < 4.78 is 0. The van der Waals surface area contributed by atoms with E-state index in [9.17, 15) is 9.59 Å². The van der Waals surface area contributed by atoms with Gasteiger partial charge in [-0.15, -0.1) is 11.8 Å². The van der Waals surface area contributed by atoms with Gasteiger partial charge in [0.05, 0.1) is 11.5 Å². The first kappa shape index (κ1) is 9.08. The average molecular weight is 188 g/mol. The van der Waals surface area contributed by atoms with E-state index in [1.54, 1.807) is 0 Å². The van der Waals surface area contributed by atoms with E-state index in [-0.39, 0.29) is 6.61 Å². The number of aromatic amines is 2. The fourth-order valence-corrected chi connectivity index (χ4v) is 1.30. The lowest BCUT2D eigenvalue weighted by atomic mass is 10.7. The zero-order chi connectivity index (χ0) is 8.97. The second kappa shape index (κ2) is 4.13. The van der Waals surface area contributed by atoms with Gasteiger partial charge in [-0.1, -0.05) is 0 Å². The molecule has 0 fully saturated rings. The first-order valence-electron chi connectivity index (χ1n) is 3.29. The summed E-state index contributed by atoms with van der Waals surface area (Å²) in [6.45, 7) is 0.00321. The highest BCUT2D eigenvalue weighted by atomic mass is 32.2. The van der Waals surface area contributed by atoms with E-state index in [1.807, 2.05) is 0 Å². The average Bonchev–Trinajstić information content (AvgIpc) is 2.03. The molecule has 5 nitrogen and oxygen atoms in total. The molecule has 66 valence electrons. The third-order valence-electron chi connectivity index (χ3n) is 1.13. The van der Waals surface area contributed by atoms with E-state index in [4.69, 9.17) is 5.11 Å². The highest BCUT2D eigenvalue weighted by Crippen LogP contribution is 2.08. The van der Waals surface area contributed by atoms with Crippen LogP contribution in [0.4, 0.5) is 0 Å². The summed E-state index contributed by atoms with van der Waals surface area (Å²) in [5.41, 5.74) is -0.939. The Kier molecular flexibility index (Phi) is 3.12. The number of thioether (sulfide) groups is 1. The van der Waals surface area contributed by atoms with Crippen molar-refractivity contribution in [1.29, 1.82) is 0 Å². The normalized spacial score (nSPS) is 10.1. The van der Waals surface area contributed by atoms with Gasteiger partial charge in [-0.05, 0) is 0 Å². The summed E-state index contributed by atoms with van der Waals surface area (Å²) in [6, 6.07) is 0. The Morgan fingerprint density at radius 3 is 2.83 bits per heavy atom. The molecule has 0 saturated carbocycles. The van der Waals surface area contributed by atoms with Crippen LogP contribution in [0.2, 0.25) is 0 Å². The van der Waals surface area contributed by atoms with Crippen molar-refractivity contribution >= 4 is 11.8 Å². The smallest absolute Gasteiger partial charge is 0.325 e. The number of rotatable bonds is 3. The zero-order valence-electron chi connectivity index (χ0n) is 6.16. The van der Waals surface area contributed by atoms with Gasteiger partial charge in [-0.2, -0.15) is 0 Å². The molecule has 0 unspecified atom stereocenters. The number of nitrogens with one attached hydrogen (secondary N) is 2. The molecule has 1 aromatic heterocycles. The van der Waals surface area contributed by atoms with Gasteiger partial charge in [0, 0.05) is 11.9 Å². The summed E-state index contributed by atoms with van der Waals surface area (Å²) in [5.74, 6) is 0.440. The Balaban J connectivity index is 2.87. The highest BCUT2D eigenvalue weighted by Gasteiger charge is 1.98. The van der Waals surface area contributed by atoms with Crippen LogP contribution in [0.1, 0.15) is 0 Å². The molecule has 0 amide bonds. The highest BCUT2D eigenvalue weighted by molar-refractivity contribution is 7.99. The standard InChI is InChI=1S/C6H8N2O3S/c9-1-2-12-4-3-7-6(11)8-5(4)10/h3,9H,1-2H2,(H2,7,8,10,11). The monoisotopic (exact) mass is 188 g/mol. The molecule has 0 aliphatic carbocycles. The van der Waals surface area contributed by atoms with Crippen LogP contribution in [-0.4, -0.2) is 27.4 Å². The maximum atomic E-state index is 11.0. The molecule has 0 aromatic carbocycles. The molecular weight excluding hydrogens is 180 g/mol. The molecule has 0 saturated heterocycles. The van der Waals surface area contributed by atoms with Gasteiger partial charge in [0.25, 0.3) is 5.56 Å². The summed E-state index contributed by atoms with van der Waals surface area (Å²) >= 11 is 1.19. The molecule has 0 spiro atoms. The van der Waals surface area contributed by atoms with Crippen LogP contribution in [0, 0.1) is 0 Å². The number of hydrogen-bond donors (Lipinski definition) is 3. The fourth-order valence-electron chi connectivity index (χ4n) is 0.660. The van der Waals surface area contributed by atoms with Crippen molar-refractivity contribution in [2.24, 2.45) is 0 Å². The minimum absolute atomic E-state index is 0.00321. The van der Waals surface area contributed by atoms with Crippen molar-refractivity contribution in [2.45, 2.75) is 4.90 Å². The van der Waals surface area contributed by atoms with E-state index < -0.39 is 11.2 Å². The van der Waals surface area contributed by atoms with Gasteiger partial charge in [-0.25, -0.2) is 4.79 Å². The maximum Gasteiger partial charge on any atom is 0.325 e. The molecule has 3 N–H and O–H groups in total. The van der Waals surface area contributed by atoms with Crippen LogP contribution in [0.25, 0.3) is 0 Å². The lowest BCUT2D eigenvalue weighted by Gasteiger charge is -1.95. The summed E-state index contributed by atoms with van der Waals surface area (Å²) in [7, 11) is 0. The zero-order valence-corrected chi connectivity index (χ0v) is 6.98. The minimum Gasteiger partial charge on any atom is -0.396 e. The molecule has 0 atom stereocenters. The summed E-state index contributed by atoms with van der Waals surface area (Å²) in [4.78, 5) is 26.3. The molecule has 12 heavy (non-hydrogen) atoms. The summed E-state index contributed by atoms with van der Waals surface area (Å²) in [5, 5.41) is 8.47. The molecule has 1 aromatic rings. The predicted molar refractivity (Wildman–Crippen MR) is 45.5 cm³/mol. The number of H-pyrrole nitrogens is 2. The number of aromatic nitrogens is 2. The maximum absolute atomic E-state index is 11.0. The molecule has 0 aliphatic heterocycles. The van der Waals surface area contributed by atoms with E-state index >= 15 is 0 Å². The Labute approximate surface area is 71.8 Å². The molecule has 1 rings (SSSR count). The largest absolute Gasteiger partial charge is 0.396 e. The van der Waals surface area contributed by atoms with Crippen LogP contribution in [0.5, 0.6) is 0 Å². The Bertz CT molecular complexity index is 356. The minimum atomic E-state index is -0.520. The number of aliphatic hydroxyl groups excluding tert-OH is 1. The van der Waals surface area contributed by atoms with Crippen LogP contribution >= 0.6 is 11.8 Å². The van der Waals surface area contributed by atoms with Gasteiger partial charge in [0.15, 0.2) is 0 Å². The van der Waals surface area contributed by atoms with Crippen molar-refractivity contribution in [3.05, 3.63) is 27.0 Å².